The van der Waals surface area contributed by atoms with E-state index in [1.807, 2.05) is 72.5 Å². The molecule has 32 heavy (non-hydrogen) atoms. The molecule has 3 aromatic carbocycles. The van der Waals surface area contributed by atoms with Gasteiger partial charge in [0.05, 0.1) is 16.7 Å². The van der Waals surface area contributed by atoms with Crippen LogP contribution in [0.15, 0.2) is 102 Å². The third-order valence-corrected chi connectivity index (χ3v) is 6.17. The van der Waals surface area contributed by atoms with Crippen LogP contribution in [0.1, 0.15) is 11.1 Å². The van der Waals surface area contributed by atoms with Crippen molar-refractivity contribution in [3.05, 3.63) is 108 Å². The minimum absolute atomic E-state index is 0. The van der Waals surface area contributed by atoms with E-state index in [4.69, 9.17) is 0 Å². The second-order valence-electron chi connectivity index (χ2n) is 7.30. The number of pyridine rings is 1. The molecule has 0 aliphatic rings. The van der Waals surface area contributed by atoms with Crippen molar-refractivity contribution in [2.75, 3.05) is 0 Å². The summed E-state index contributed by atoms with van der Waals surface area (Å²) in [5.41, 5.74) is 3.89. The van der Waals surface area contributed by atoms with Crippen LogP contribution in [0.5, 0.6) is 0 Å². The van der Waals surface area contributed by atoms with Crippen molar-refractivity contribution in [1.29, 1.82) is 0 Å². The Morgan fingerprint density at radius 1 is 0.750 bits per heavy atom. The average Bonchev–Trinajstić information content (AvgIpc) is 2.78. The highest BCUT2D eigenvalue weighted by molar-refractivity contribution is 7.98. The summed E-state index contributed by atoms with van der Waals surface area (Å²) in [7, 11) is 1.90. The number of aryl methyl sites for hydroxylation is 1. The van der Waals surface area contributed by atoms with Crippen LogP contribution in [-0.4, -0.2) is 0 Å². The molecule has 0 radical (unpaired) electrons. The Kier molecular flexibility index (Phi) is 7.64. The van der Waals surface area contributed by atoms with E-state index in [0.29, 0.717) is 5.56 Å². The van der Waals surface area contributed by atoms with Gasteiger partial charge in [0.25, 0.3) is 0 Å². The number of nitrogens with zero attached hydrogens (tertiary/aromatic N) is 1. The zero-order valence-corrected chi connectivity index (χ0v) is 18.9. The minimum Gasteiger partial charge on any atom is -1.00 e. The molecule has 0 spiro atoms. The molecule has 0 unspecified atom stereocenters. The van der Waals surface area contributed by atoms with Gasteiger partial charge in [-0.25, -0.2) is 4.57 Å². The monoisotopic (exact) mass is 471 g/mol. The number of aromatic nitrogens is 1. The molecular weight excluding hydrogens is 451 g/mol. The Morgan fingerprint density at radius 2 is 1.31 bits per heavy atom. The van der Waals surface area contributed by atoms with Gasteiger partial charge in [0.2, 0.25) is 0 Å². The molecule has 4 rings (SSSR count). The Bertz CT molecular complexity index is 1180. The van der Waals surface area contributed by atoms with Gasteiger partial charge in [0.15, 0.2) is 12.4 Å². The van der Waals surface area contributed by atoms with Gasteiger partial charge >= 0.3 is 6.18 Å². The highest BCUT2D eigenvalue weighted by Gasteiger charge is 2.31. The van der Waals surface area contributed by atoms with Crippen molar-refractivity contribution in [3.63, 3.8) is 0 Å². The molecule has 0 saturated carbocycles. The normalized spacial score (nSPS) is 11.1. The summed E-state index contributed by atoms with van der Waals surface area (Å²) in [6.07, 6.45) is -0.457. The van der Waals surface area contributed by atoms with Crippen LogP contribution >= 0.6 is 11.8 Å². The van der Waals surface area contributed by atoms with Crippen molar-refractivity contribution in [2.45, 2.75) is 16.8 Å². The zero-order chi connectivity index (χ0) is 21.8. The van der Waals surface area contributed by atoms with Crippen molar-refractivity contribution in [1.82, 2.24) is 0 Å². The lowest BCUT2D eigenvalue weighted by molar-refractivity contribution is -0.670. The van der Waals surface area contributed by atoms with Crippen LogP contribution in [0.4, 0.5) is 13.2 Å². The summed E-state index contributed by atoms with van der Waals surface area (Å²) in [6.45, 7) is 0. The van der Waals surface area contributed by atoms with Crippen LogP contribution in [0.2, 0.25) is 0 Å². The number of hydrogen-bond acceptors (Lipinski definition) is 1. The summed E-state index contributed by atoms with van der Waals surface area (Å²) < 4.78 is 42.0. The SMILES string of the molecule is C[n+]1cc(-c2ccccc2)c(SCc2ccccc2)c(-c2cccc(C(F)(F)F)c2)c1.[Cl-]. The molecule has 4 aromatic rings. The quantitative estimate of drug-likeness (QED) is 0.312. The van der Waals surface area contributed by atoms with Gasteiger partial charge in [-0.1, -0.05) is 72.8 Å². The van der Waals surface area contributed by atoms with Gasteiger partial charge in [-0.2, -0.15) is 13.2 Å². The van der Waals surface area contributed by atoms with E-state index in [1.165, 1.54) is 12.1 Å². The zero-order valence-electron chi connectivity index (χ0n) is 17.3. The smallest absolute Gasteiger partial charge is 0.416 e. The second-order valence-corrected chi connectivity index (χ2v) is 8.28. The van der Waals surface area contributed by atoms with Crippen LogP contribution in [-0.2, 0) is 19.0 Å². The van der Waals surface area contributed by atoms with Gasteiger partial charge in [0.1, 0.15) is 7.05 Å². The van der Waals surface area contributed by atoms with Crippen LogP contribution in [0.25, 0.3) is 22.3 Å². The maximum atomic E-state index is 13.4. The fourth-order valence-corrected chi connectivity index (χ4v) is 4.64. The van der Waals surface area contributed by atoms with E-state index in [0.717, 1.165) is 39.0 Å². The number of thioether (sulfide) groups is 1. The molecule has 1 nitrogen and oxygen atoms in total. The fraction of sp³-hybridized carbons (Fsp3) is 0.115. The first-order valence-electron chi connectivity index (χ1n) is 9.85. The first kappa shape index (κ1) is 23.9. The third-order valence-electron chi connectivity index (χ3n) is 4.97. The van der Waals surface area contributed by atoms with Gasteiger partial charge in [0, 0.05) is 10.6 Å². The maximum Gasteiger partial charge on any atom is 0.416 e. The first-order valence-corrected chi connectivity index (χ1v) is 10.8. The molecule has 0 aliphatic carbocycles. The van der Waals surface area contributed by atoms with E-state index < -0.39 is 11.7 Å². The summed E-state index contributed by atoms with van der Waals surface area (Å²) in [5, 5.41) is 0. The average molecular weight is 472 g/mol. The molecule has 0 N–H and O–H groups in total. The summed E-state index contributed by atoms with van der Waals surface area (Å²) in [4.78, 5) is 0.965. The summed E-state index contributed by atoms with van der Waals surface area (Å²) >= 11 is 1.64. The summed E-state index contributed by atoms with van der Waals surface area (Å²) in [5.74, 6) is 0.723. The molecule has 0 saturated heterocycles. The number of halogens is 4. The van der Waals surface area contributed by atoms with E-state index in [-0.39, 0.29) is 12.4 Å². The van der Waals surface area contributed by atoms with E-state index in [9.17, 15) is 13.2 Å². The molecule has 1 heterocycles. The lowest BCUT2D eigenvalue weighted by Crippen LogP contribution is -3.00. The lowest BCUT2D eigenvalue weighted by atomic mass is 10.00. The molecule has 0 bridgehead atoms. The molecule has 0 atom stereocenters. The van der Waals surface area contributed by atoms with Gasteiger partial charge in [-0.3, -0.25) is 0 Å². The lowest BCUT2D eigenvalue weighted by Gasteiger charge is -2.15. The molecule has 0 fully saturated rings. The molecule has 6 heteroatoms. The maximum absolute atomic E-state index is 13.4. The predicted molar refractivity (Wildman–Crippen MR) is 119 cm³/mol. The van der Waals surface area contributed by atoms with Crippen molar-refractivity contribution >= 4 is 11.8 Å². The van der Waals surface area contributed by atoms with Crippen molar-refractivity contribution in [2.24, 2.45) is 7.05 Å². The number of rotatable bonds is 5. The van der Waals surface area contributed by atoms with E-state index >= 15 is 0 Å². The Hall–Kier alpha value is -2.76. The Morgan fingerprint density at radius 3 is 1.94 bits per heavy atom. The van der Waals surface area contributed by atoms with Gasteiger partial charge in [-0.15, -0.1) is 11.8 Å². The highest BCUT2D eigenvalue weighted by Crippen LogP contribution is 2.41. The van der Waals surface area contributed by atoms with E-state index in [1.54, 1.807) is 17.8 Å². The largest absolute Gasteiger partial charge is 1.00 e. The third kappa shape index (κ3) is 5.53. The van der Waals surface area contributed by atoms with Crippen LogP contribution in [0.3, 0.4) is 0 Å². The van der Waals surface area contributed by atoms with Crippen molar-refractivity contribution < 1.29 is 30.1 Å². The highest BCUT2D eigenvalue weighted by atomic mass is 35.5. The standard InChI is InChI=1S/C26H21F3NS.ClH/c1-30-16-23(20-11-6-3-7-12-20)25(31-18-19-9-4-2-5-10-19)24(17-30)21-13-8-14-22(15-21)26(27,28)29;/h2-17H,18H2,1H3;1H/q+1;/p-1. The predicted octanol–water partition coefficient (Wildman–Crippen LogP) is 4.16. The fourth-order valence-electron chi connectivity index (χ4n) is 3.48. The molecular formula is C26H21ClF3NS. The van der Waals surface area contributed by atoms with Gasteiger partial charge in [-0.05, 0) is 28.8 Å². The van der Waals surface area contributed by atoms with Crippen LogP contribution in [0, 0.1) is 0 Å². The number of benzene rings is 3. The molecule has 0 aliphatic heterocycles. The minimum atomic E-state index is -4.38. The molecule has 0 amide bonds. The topological polar surface area (TPSA) is 3.88 Å². The van der Waals surface area contributed by atoms with Crippen molar-refractivity contribution in [3.8, 4) is 22.3 Å². The second kappa shape index (κ2) is 10.2. The Labute approximate surface area is 196 Å². The number of alkyl halides is 3. The first-order chi connectivity index (χ1) is 14.9. The number of hydrogen-bond donors (Lipinski definition) is 0. The van der Waals surface area contributed by atoms with Gasteiger partial charge < -0.3 is 12.4 Å². The Balaban J connectivity index is 0.00000289. The molecule has 1 aromatic heterocycles. The molecule has 164 valence electrons. The van der Waals surface area contributed by atoms with E-state index in [2.05, 4.69) is 12.1 Å². The van der Waals surface area contributed by atoms with Crippen LogP contribution < -0.4 is 17.0 Å². The summed E-state index contributed by atoms with van der Waals surface area (Å²) in [6, 6.07) is 25.6.